The summed E-state index contributed by atoms with van der Waals surface area (Å²) < 4.78 is 16.3. The van der Waals surface area contributed by atoms with E-state index in [9.17, 15) is 14.4 Å². The fourth-order valence-electron chi connectivity index (χ4n) is 5.07. The molecule has 11 nitrogen and oxygen atoms in total. The molecule has 5 rings (SSSR count). The monoisotopic (exact) mass is 538 g/mol. The Labute approximate surface area is 220 Å². The third-order valence-electron chi connectivity index (χ3n) is 7.25. The van der Waals surface area contributed by atoms with Crippen molar-refractivity contribution in [3.8, 4) is 0 Å². The molecule has 0 saturated heterocycles. The van der Waals surface area contributed by atoms with Gasteiger partial charge in [-0.2, -0.15) is 0 Å². The maximum absolute atomic E-state index is 13.1. The van der Waals surface area contributed by atoms with E-state index in [2.05, 4.69) is 34.6 Å². The molecular weight excluding hydrogens is 504 g/mol. The Morgan fingerprint density at radius 2 is 1.92 bits per heavy atom. The molecule has 0 bridgehead atoms. The molecular formula is C26H34N6O5Si. The lowest BCUT2D eigenvalue weighted by atomic mass is 9.86. The SMILES string of the molecule is C[Si](C)(C)CCOCn1ccc2c1ncc1c(=O)[nH]c(=O)n([C@H]3CC[C@H](COC(=O)n4ccnc4)CC3)c12. The number of H-pyrrole nitrogens is 1. The lowest BCUT2D eigenvalue weighted by Crippen LogP contribution is -2.35. The third-order valence-corrected chi connectivity index (χ3v) is 8.96. The van der Waals surface area contributed by atoms with Crippen LogP contribution in [0.5, 0.6) is 0 Å². The Bertz CT molecular complexity index is 1540. The van der Waals surface area contributed by atoms with Crippen molar-refractivity contribution >= 4 is 36.1 Å². The minimum Gasteiger partial charge on any atom is -0.449 e. The second kappa shape index (κ2) is 10.7. The molecule has 4 aromatic rings. The van der Waals surface area contributed by atoms with Crippen molar-refractivity contribution in [2.45, 2.75) is 64.1 Å². The Morgan fingerprint density at radius 3 is 2.63 bits per heavy atom. The van der Waals surface area contributed by atoms with Crippen LogP contribution in [0.25, 0.3) is 21.9 Å². The number of aromatic amines is 1. The fourth-order valence-corrected chi connectivity index (χ4v) is 5.83. The number of fused-ring (bicyclic) bond motifs is 3. The summed E-state index contributed by atoms with van der Waals surface area (Å²) in [5, 5.41) is 1.15. The van der Waals surface area contributed by atoms with E-state index in [0.29, 0.717) is 36.5 Å². The second-order valence-electron chi connectivity index (χ2n) is 11.2. The minimum absolute atomic E-state index is 0.0793. The molecule has 4 aromatic heterocycles. The zero-order valence-electron chi connectivity index (χ0n) is 22.1. The number of hydrogen-bond donors (Lipinski definition) is 1. The molecule has 1 aliphatic carbocycles. The van der Waals surface area contributed by atoms with Gasteiger partial charge in [-0.15, -0.1) is 0 Å². The third kappa shape index (κ3) is 5.51. The predicted molar refractivity (Wildman–Crippen MR) is 146 cm³/mol. The minimum atomic E-state index is -1.19. The van der Waals surface area contributed by atoms with Crippen LogP contribution in [0.3, 0.4) is 0 Å². The quantitative estimate of drug-likeness (QED) is 0.266. The standard InChI is InChI=1S/C26H34N6O5Si/c1-38(2,3)13-12-36-17-31-10-8-20-22-21(14-28-23(20)31)24(33)29-25(34)32(22)19-6-4-18(5-7-19)15-37-26(35)30-11-9-27-16-30/h8-11,14,16,18-19H,4-7,12-13,15,17H2,1-3H3,(H,29,33,34)/t18-,19-. The van der Waals surface area contributed by atoms with Crippen LogP contribution in [-0.2, 0) is 16.2 Å². The first kappa shape index (κ1) is 26.1. The molecule has 0 aliphatic heterocycles. The number of nitrogens with one attached hydrogen (secondary N) is 1. The Hall–Kier alpha value is -3.51. The zero-order valence-corrected chi connectivity index (χ0v) is 23.1. The zero-order chi connectivity index (χ0) is 26.9. The van der Waals surface area contributed by atoms with Crippen LogP contribution in [-0.4, -0.2) is 56.0 Å². The molecule has 0 unspecified atom stereocenters. The summed E-state index contributed by atoms with van der Waals surface area (Å²) in [6.45, 7) is 8.31. The maximum atomic E-state index is 13.1. The number of imidazole rings is 1. The maximum Gasteiger partial charge on any atom is 0.419 e. The molecule has 0 radical (unpaired) electrons. The van der Waals surface area contributed by atoms with Crippen LogP contribution in [0, 0.1) is 5.92 Å². The van der Waals surface area contributed by atoms with Crippen molar-refractivity contribution in [1.29, 1.82) is 0 Å². The summed E-state index contributed by atoms with van der Waals surface area (Å²) in [4.78, 5) is 48.8. The first-order valence-corrected chi connectivity index (χ1v) is 16.8. The second-order valence-corrected chi connectivity index (χ2v) is 16.9. The molecule has 38 heavy (non-hydrogen) atoms. The highest BCUT2D eigenvalue weighted by atomic mass is 28.3. The Kier molecular flexibility index (Phi) is 7.35. The number of aromatic nitrogens is 6. The van der Waals surface area contributed by atoms with Crippen molar-refractivity contribution in [2.75, 3.05) is 13.2 Å². The summed E-state index contributed by atoms with van der Waals surface area (Å²) in [5.41, 5.74) is 0.447. The Morgan fingerprint density at radius 1 is 1.13 bits per heavy atom. The first-order valence-electron chi connectivity index (χ1n) is 13.1. The molecule has 12 heteroatoms. The van der Waals surface area contributed by atoms with E-state index in [1.54, 1.807) is 17.0 Å². The summed E-state index contributed by atoms with van der Waals surface area (Å²) in [5.74, 6) is 0.208. The van der Waals surface area contributed by atoms with E-state index in [1.165, 1.54) is 17.1 Å². The Balaban J connectivity index is 1.35. The van der Waals surface area contributed by atoms with Crippen LogP contribution in [0.2, 0.25) is 25.7 Å². The van der Waals surface area contributed by atoms with Gasteiger partial charge in [0, 0.05) is 50.9 Å². The van der Waals surface area contributed by atoms with E-state index < -0.39 is 25.4 Å². The molecule has 4 heterocycles. The number of nitrogens with zero attached hydrogens (tertiary/aromatic N) is 5. The molecule has 1 N–H and O–H groups in total. The normalized spacial score (nSPS) is 18.3. The van der Waals surface area contributed by atoms with Gasteiger partial charge in [-0.3, -0.25) is 14.3 Å². The summed E-state index contributed by atoms with van der Waals surface area (Å²) in [6, 6.07) is 2.90. The van der Waals surface area contributed by atoms with E-state index in [4.69, 9.17) is 9.47 Å². The van der Waals surface area contributed by atoms with Crippen LogP contribution in [0.15, 0.2) is 46.8 Å². The molecule has 1 saturated carbocycles. The summed E-state index contributed by atoms with van der Waals surface area (Å²) in [6.07, 6.45) is 10.6. The fraction of sp³-hybridized carbons (Fsp3) is 0.500. The van der Waals surface area contributed by atoms with Gasteiger partial charge in [-0.1, -0.05) is 19.6 Å². The van der Waals surface area contributed by atoms with Crippen molar-refractivity contribution in [1.82, 2.24) is 28.7 Å². The van der Waals surface area contributed by atoms with Gasteiger partial charge in [0.05, 0.1) is 17.5 Å². The average molecular weight is 539 g/mol. The topological polar surface area (TPSA) is 126 Å². The van der Waals surface area contributed by atoms with Gasteiger partial charge in [0.25, 0.3) is 5.56 Å². The van der Waals surface area contributed by atoms with Crippen molar-refractivity contribution in [2.24, 2.45) is 5.92 Å². The highest BCUT2D eigenvalue weighted by Gasteiger charge is 2.27. The van der Waals surface area contributed by atoms with E-state index >= 15 is 0 Å². The van der Waals surface area contributed by atoms with Gasteiger partial charge in [0.1, 0.15) is 18.7 Å². The number of carbonyl (C=O) groups is 1. The van der Waals surface area contributed by atoms with Crippen molar-refractivity contribution in [3.05, 3.63) is 58.0 Å². The predicted octanol–water partition coefficient (Wildman–Crippen LogP) is 3.96. The van der Waals surface area contributed by atoms with E-state index in [1.807, 2.05) is 16.8 Å². The number of pyridine rings is 1. The average Bonchev–Trinajstić information content (AvgIpc) is 3.56. The van der Waals surface area contributed by atoms with Gasteiger partial charge in [-0.25, -0.2) is 24.1 Å². The molecule has 0 atom stereocenters. The van der Waals surface area contributed by atoms with E-state index in [0.717, 1.165) is 37.1 Å². The smallest absolute Gasteiger partial charge is 0.419 e. The van der Waals surface area contributed by atoms with Crippen LogP contribution >= 0.6 is 0 Å². The van der Waals surface area contributed by atoms with Gasteiger partial charge < -0.3 is 14.0 Å². The molecule has 0 aromatic carbocycles. The van der Waals surface area contributed by atoms with Crippen molar-refractivity contribution < 1.29 is 14.3 Å². The number of ether oxygens (including phenoxy) is 2. The largest absolute Gasteiger partial charge is 0.449 e. The molecule has 0 amide bonds. The molecule has 202 valence electrons. The number of hydrogen-bond acceptors (Lipinski definition) is 7. The first-order chi connectivity index (χ1) is 18.2. The lowest BCUT2D eigenvalue weighted by molar-refractivity contribution is 0.0899. The molecule has 1 aliphatic rings. The highest BCUT2D eigenvalue weighted by Crippen LogP contribution is 2.34. The van der Waals surface area contributed by atoms with Gasteiger partial charge >= 0.3 is 11.8 Å². The summed E-state index contributed by atoms with van der Waals surface area (Å²) >= 11 is 0. The highest BCUT2D eigenvalue weighted by molar-refractivity contribution is 6.76. The molecule has 0 spiro atoms. The molecule has 1 fully saturated rings. The lowest BCUT2D eigenvalue weighted by Gasteiger charge is -2.30. The van der Waals surface area contributed by atoms with Gasteiger partial charge in [0.2, 0.25) is 0 Å². The van der Waals surface area contributed by atoms with Gasteiger partial charge in [-0.05, 0) is 43.7 Å². The van der Waals surface area contributed by atoms with Crippen molar-refractivity contribution in [3.63, 3.8) is 0 Å². The number of carbonyl (C=O) groups excluding carboxylic acids is 1. The number of rotatable bonds is 8. The summed E-state index contributed by atoms with van der Waals surface area (Å²) in [7, 11) is -1.19. The van der Waals surface area contributed by atoms with E-state index in [-0.39, 0.29) is 12.0 Å². The van der Waals surface area contributed by atoms with Crippen LogP contribution < -0.4 is 11.2 Å². The van der Waals surface area contributed by atoms with Gasteiger partial charge in [0.15, 0.2) is 0 Å². The van der Waals surface area contributed by atoms with Crippen LogP contribution in [0.1, 0.15) is 31.7 Å². The van der Waals surface area contributed by atoms with Crippen LogP contribution in [0.4, 0.5) is 4.79 Å².